The summed E-state index contributed by atoms with van der Waals surface area (Å²) in [5.74, 6) is -0.540. The number of nitrogens with zero attached hydrogens (tertiary/aromatic N) is 2. The number of imide groups is 1. The number of ether oxygens (including phenoxy) is 2. The largest absolute Gasteiger partial charge is 0.493 e. The molecule has 3 aromatic carbocycles. The van der Waals surface area contributed by atoms with Crippen molar-refractivity contribution in [3.63, 3.8) is 0 Å². The summed E-state index contributed by atoms with van der Waals surface area (Å²) in [5.41, 5.74) is 3.62. The molecule has 0 aliphatic carbocycles. The van der Waals surface area contributed by atoms with E-state index in [1.807, 2.05) is 23.1 Å². The molecule has 0 radical (unpaired) electrons. The number of halogens is 1. The number of rotatable bonds is 5. The standard InChI is InChI=1S/C27H23FN2O4/c1-33-22-11-10-18(14-23(22)34-2)24-25(29-13-12-17-6-3-4-7-19(17)16-29)27(32)30(26(24)31)21-9-5-8-20(28)15-21/h3-11,14-15H,12-13,16H2,1-2H3. The second kappa shape index (κ2) is 8.67. The Morgan fingerprint density at radius 1 is 0.824 bits per heavy atom. The number of carbonyl (C=O) groups excluding carboxylic acids is 2. The second-order valence-electron chi connectivity index (χ2n) is 8.16. The van der Waals surface area contributed by atoms with Crippen LogP contribution in [0, 0.1) is 5.82 Å². The van der Waals surface area contributed by atoms with E-state index in [1.165, 1.54) is 38.0 Å². The number of carbonyl (C=O) groups is 2. The van der Waals surface area contributed by atoms with Gasteiger partial charge in [0.05, 0.1) is 25.5 Å². The fraction of sp³-hybridized carbons (Fsp3) is 0.185. The maximum absolute atomic E-state index is 14.0. The monoisotopic (exact) mass is 458 g/mol. The van der Waals surface area contributed by atoms with E-state index in [-0.39, 0.29) is 11.3 Å². The van der Waals surface area contributed by atoms with E-state index in [2.05, 4.69) is 6.07 Å². The summed E-state index contributed by atoms with van der Waals surface area (Å²) in [6.07, 6.45) is 0.750. The summed E-state index contributed by atoms with van der Waals surface area (Å²) in [7, 11) is 3.04. The number of hydrogen-bond donors (Lipinski definition) is 0. The van der Waals surface area contributed by atoms with Crippen LogP contribution >= 0.6 is 0 Å². The van der Waals surface area contributed by atoms with Crippen molar-refractivity contribution in [2.24, 2.45) is 0 Å². The first kappa shape index (κ1) is 21.7. The molecular formula is C27H23FN2O4. The molecule has 2 heterocycles. The fourth-order valence-corrected chi connectivity index (χ4v) is 4.60. The van der Waals surface area contributed by atoms with Crippen molar-refractivity contribution in [3.05, 3.63) is 94.9 Å². The number of fused-ring (bicyclic) bond motifs is 1. The van der Waals surface area contributed by atoms with Crippen LogP contribution < -0.4 is 14.4 Å². The minimum Gasteiger partial charge on any atom is -0.493 e. The highest BCUT2D eigenvalue weighted by molar-refractivity contribution is 6.45. The molecule has 0 spiro atoms. The Hall–Kier alpha value is -4.13. The van der Waals surface area contributed by atoms with Gasteiger partial charge >= 0.3 is 0 Å². The number of anilines is 1. The molecule has 0 fully saturated rings. The van der Waals surface area contributed by atoms with Crippen molar-refractivity contribution in [1.82, 2.24) is 4.90 Å². The minimum atomic E-state index is -0.522. The quantitative estimate of drug-likeness (QED) is 0.537. The molecule has 2 aliphatic rings. The third-order valence-electron chi connectivity index (χ3n) is 6.24. The van der Waals surface area contributed by atoms with Crippen LogP contribution in [0.4, 0.5) is 10.1 Å². The van der Waals surface area contributed by atoms with Gasteiger partial charge in [-0.2, -0.15) is 0 Å². The third-order valence-corrected chi connectivity index (χ3v) is 6.24. The number of methoxy groups -OCH3 is 2. The predicted octanol–water partition coefficient (Wildman–Crippen LogP) is 4.19. The summed E-state index contributed by atoms with van der Waals surface area (Å²) in [6.45, 7) is 1.08. The SMILES string of the molecule is COc1ccc(C2=C(N3CCc4ccccc4C3)C(=O)N(c3cccc(F)c3)C2=O)cc1OC. The molecule has 172 valence electrons. The third kappa shape index (κ3) is 3.59. The maximum Gasteiger partial charge on any atom is 0.282 e. The fourth-order valence-electron chi connectivity index (χ4n) is 4.60. The molecule has 0 saturated carbocycles. The zero-order valence-corrected chi connectivity index (χ0v) is 18.9. The summed E-state index contributed by atoms with van der Waals surface area (Å²) in [4.78, 5) is 30.4. The van der Waals surface area contributed by atoms with E-state index in [0.717, 1.165) is 16.9 Å². The van der Waals surface area contributed by atoms with Crippen molar-refractivity contribution < 1.29 is 23.5 Å². The summed E-state index contributed by atoms with van der Waals surface area (Å²) >= 11 is 0. The second-order valence-corrected chi connectivity index (χ2v) is 8.16. The van der Waals surface area contributed by atoms with Crippen molar-refractivity contribution >= 4 is 23.1 Å². The van der Waals surface area contributed by atoms with E-state index in [9.17, 15) is 14.0 Å². The summed E-state index contributed by atoms with van der Waals surface area (Å²) in [5, 5.41) is 0. The molecule has 0 atom stereocenters. The highest BCUT2D eigenvalue weighted by Gasteiger charge is 2.43. The van der Waals surface area contributed by atoms with Gasteiger partial charge in [-0.1, -0.05) is 36.4 Å². The molecule has 0 unspecified atom stereocenters. The van der Waals surface area contributed by atoms with Gasteiger partial charge in [0.15, 0.2) is 11.5 Å². The topological polar surface area (TPSA) is 59.1 Å². The van der Waals surface area contributed by atoms with Crippen molar-refractivity contribution in [2.75, 3.05) is 25.7 Å². The van der Waals surface area contributed by atoms with Crippen molar-refractivity contribution in [1.29, 1.82) is 0 Å². The van der Waals surface area contributed by atoms with E-state index in [0.29, 0.717) is 35.8 Å². The van der Waals surface area contributed by atoms with Crippen LogP contribution in [-0.2, 0) is 22.6 Å². The van der Waals surface area contributed by atoms with Gasteiger partial charge < -0.3 is 14.4 Å². The Labute approximate surface area is 196 Å². The highest BCUT2D eigenvalue weighted by atomic mass is 19.1. The first-order valence-corrected chi connectivity index (χ1v) is 10.9. The first-order chi connectivity index (χ1) is 16.5. The Morgan fingerprint density at radius 2 is 1.59 bits per heavy atom. The van der Waals surface area contributed by atoms with Gasteiger partial charge in [-0.05, 0) is 53.4 Å². The zero-order chi connectivity index (χ0) is 23.8. The van der Waals surface area contributed by atoms with Gasteiger partial charge in [-0.3, -0.25) is 9.59 Å². The Balaban J connectivity index is 1.65. The van der Waals surface area contributed by atoms with Gasteiger partial charge in [-0.25, -0.2) is 9.29 Å². The molecule has 0 bridgehead atoms. The Kier molecular flexibility index (Phi) is 5.53. The van der Waals surface area contributed by atoms with Crippen LogP contribution in [0.15, 0.2) is 72.4 Å². The minimum absolute atomic E-state index is 0.195. The average Bonchev–Trinajstić information content (AvgIpc) is 3.12. The van der Waals surface area contributed by atoms with Gasteiger partial charge in [-0.15, -0.1) is 0 Å². The van der Waals surface area contributed by atoms with E-state index in [1.54, 1.807) is 24.3 Å². The lowest BCUT2D eigenvalue weighted by Gasteiger charge is -2.31. The van der Waals surface area contributed by atoms with Crippen LogP contribution in [-0.4, -0.2) is 37.5 Å². The zero-order valence-electron chi connectivity index (χ0n) is 18.9. The molecule has 3 aromatic rings. The van der Waals surface area contributed by atoms with E-state index in [4.69, 9.17) is 9.47 Å². The van der Waals surface area contributed by atoms with Crippen LogP contribution in [0.2, 0.25) is 0 Å². The molecule has 6 nitrogen and oxygen atoms in total. The van der Waals surface area contributed by atoms with Gasteiger partial charge in [0.2, 0.25) is 0 Å². The molecule has 0 aromatic heterocycles. The molecular weight excluding hydrogens is 435 g/mol. The predicted molar refractivity (Wildman–Crippen MR) is 126 cm³/mol. The normalized spacial score (nSPS) is 15.6. The van der Waals surface area contributed by atoms with Gasteiger partial charge in [0.1, 0.15) is 11.5 Å². The van der Waals surface area contributed by atoms with Gasteiger partial charge in [0, 0.05) is 13.1 Å². The lowest BCUT2D eigenvalue weighted by Crippen LogP contribution is -2.37. The van der Waals surface area contributed by atoms with Crippen LogP contribution in [0.3, 0.4) is 0 Å². The van der Waals surface area contributed by atoms with Crippen molar-refractivity contribution in [2.45, 2.75) is 13.0 Å². The molecule has 7 heteroatoms. The molecule has 5 rings (SSSR count). The number of hydrogen-bond acceptors (Lipinski definition) is 5. The van der Waals surface area contributed by atoms with Crippen molar-refractivity contribution in [3.8, 4) is 11.5 Å². The lowest BCUT2D eigenvalue weighted by molar-refractivity contribution is -0.120. The number of amides is 2. The van der Waals surface area contributed by atoms with Gasteiger partial charge in [0.25, 0.3) is 11.8 Å². The van der Waals surface area contributed by atoms with E-state index >= 15 is 0 Å². The number of benzene rings is 3. The van der Waals surface area contributed by atoms with E-state index < -0.39 is 17.6 Å². The van der Waals surface area contributed by atoms with Crippen LogP contribution in [0.25, 0.3) is 5.57 Å². The van der Waals surface area contributed by atoms with Crippen LogP contribution in [0.1, 0.15) is 16.7 Å². The molecule has 0 saturated heterocycles. The molecule has 0 N–H and O–H groups in total. The molecule has 2 aliphatic heterocycles. The highest BCUT2D eigenvalue weighted by Crippen LogP contribution is 2.39. The smallest absolute Gasteiger partial charge is 0.282 e. The Morgan fingerprint density at radius 3 is 2.32 bits per heavy atom. The lowest BCUT2D eigenvalue weighted by atomic mass is 9.97. The summed E-state index contributed by atoms with van der Waals surface area (Å²) in [6, 6.07) is 18.7. The maximum atomic E-state index is 14.0. The van der Waals surface area contributed by atoms with Crippen LogP contribution in [0.5, 0.6) is 11.5 Å². The Bertz CT molecular complexity index is 1330. The molecule has 2 amide bonds. The average molecular weight is 458 g/mol. The summed E-state index contributed by atoms with van der Waals surface area (Å²) < 4.78 is 24.8. The first-order valence-electron chi connectivity index (χ1n) is 10.9. The molecule has 34 heavy (non-hydrogen) atoms.